The van der Waals surface area contributed by atoms with E-state index in [1.54, 1.807) is 43.3 Å². The molecule has 0 heterocycles. The van der Waals surface area contributed by atoms with E-state index in [-0.39, 0.29) is 15.6 Å². The molecule has 0 saturated carbocycles. The second-order valence-electron chi connectivity index (χ2n) is 6.56. The lowest BCUT2D eigenvalue weighted by molar-refractivity contribution is -0.141. The van der Waals surface area contributed by atoms with E-state index in [0.717, 1.165) is 18.4 Å². The molecule has 0 aliphatic rings. The molecule has 28 heavy (non-hydrogen) atoms. The predicted octanol–water partition coefficient (Wildman–Crippen LogP) is 5.69. The summed E-state index contributed by atoms with van der Waals surface area (Å²) in [6.45, 7) is 4.27. The summed E-state index contributed by atoms with van der Waals surface area (Å²) < 4.78 is 5.58. The fourth-order valence-electron chi connectivity index (χ4n) is 2.54. The van der Waals surface area contributed by atoms with Crippen molar-refractivity contribution in [3.8, 4) is 5.75 Å². The number of carbonyl (C=O) groups is 2. The molecule has 1 amide bonds. The Bertz CT molecular complexity index is 814. The molecule has 0 aliphatic heterocycles. The van der Waals surface area contributed by atoms with Gasteiger partial charge in [0.25, 0.3) is 5.91 Å². The minimum Gasteiger partial charge on any atom is -0.493 e. The van der Waals surface area contributed by atoms with Crippen LogP contribution < -0.4 is 10.1 Å². The van der Waals surface area contributed by atoms with Crippen LogP contribution in [0.5, 0.6) is 5.75 Å². The average Bonchev–Trinajstić information content (AvgIpc) is 2.63. The molecule has 0 fully saturated rings. The minimum atomic E-state index is -0.844. The Kier molecular flexibility index (Phi) is 8.15. The second-order valence-corrected chi connectivity index (χ2v) is 7.37. The van der Waals surface area contributed by atoms with Crippen molar-refractivity contribution in [2.45, 2.75) is 33.1 Å². The zero-order valence-corrected chi connectivity index (χ0v) is 17.3. The normalized spacial score (nSPS) is 11.7. The van der Waals surface area contributed by atoms with Gasteiger partial charge in [-0.05, 0) is 42.7 Å². The molecule has 0 unspecified atom stereocenters. The molecule has 5 nitrogen and oxygen atoms in total. The Labute approximate surface area is 174 Å². The number of carbonyl (C=O) groups excluding carboxylic acids is 1. The van der Waals surface area contributed by atoms with Crippen molar-refractivity contribution in [2.75, 3.05) is 11.9 Å². The highest BCUT2D eigenvalue weighted by Gasteiger charge is 2.17. The average molecular weight is 424 g/mol. The molecular formula is C21H23Cl2NO4. The number of hydrogen-bond acceptors (Lipinski definition) is 3. The Morgan fingerprint density at radius 2 is 1.75 bits per heavy atom. The summed E-state index contributed by atoms with van der Waals surface area (Å²) in [5, 5.41) is 12.2. The molecule has 2 aromatic carbocycles. The molecule has 150 valence electrons. The molecule has 0 aromatic heterocycles. The van der Waals surface area contributed by atoms with E-state index in [1.807, 2.05) is 0 Å². The van der Waals surface area contributed by atoms with Gasteiger partial charge in [0.15, 0.2) is 0 Å². The van der Waals surface area contributed by atoms with Gasteiger partial charge in [-0.15, -0.1) is 0 Å². The number of amides is 1. The van der Waals surface area contributed by atoms with Crippen molar-refractivity contribution < 1.29 is 19.4 Å². The topological polar surface area (TPSA) is 75.6 Å². The van der Waals surface area contributed by atoms with Crippen molar-refractivity contribution in [3.05, 3.63) is 57.6 Å². The smallest absolute Gasteiger partial charge is 0.306 e. The van der Waals surface area contributed by atoms with Crippen molar-refractivity contribution in [2.24, 2.45) is 5.92 Å². The maximum atomic E-state index is 12.6. The van der Waals surface area contributed by atoms with Crippen LogP contribution in [0.25, 0.3) is 0 Å². The maximum Gasteiger partial charge on any atom is 0.306 e. The van der Waals surface area contributed by atoms with Crippen LogP contribution in [-0.2, 0) is 11.2 Å². The van der Waals surface area contributed by atoms with Gasteiger partial charge >= 0.3 is 5.97 Å². The summed E-state index contributed by atoms with van der Waals surface area (Å²) in [7, 11) is 0. The SMILES string of the molecule is CCCCOc1cc(Cl)c(C(=O)Nc2ccc(C[C@H](C)C(=O)O)cc2)c(Cl)c1. The first kappa shape index (κ1) is 22.1. The number of halogens is 2. The molecule has 0 radical (unpaired) electrons. The van der Waals surface area contributed by atoms with Crippen molar-refractivity contribution in [1.82, 2.24) is 0 Å². The first-order valence-corrected chi connectivity index (χ1v) is 9.82. The van der Waals surface area contributed by atoms with Crippen LogP contribution in [0.15, 0.2) is 36.4 Å². The zero-order chi connectivity index (χ0) is 20.7. The number of rotatable bonds is 9. The van der Waals surface area contributed by atoms with Crippen LogP contribution in [0, 0.1) is 5.92 Å². The Morgan fingerprint density at radius 1 is 1.14 bits per heavy atom. The number of carboxylic acid groups (broad SMARTS) is 1. The highest BCUT2D eigenvalue weighted by atomic mass is 35.5. The van der Waals surface area contributed by atoms with Gasteiger partial charge in [0.05, 0.1) is 28.1 Å². The number of nitrogens with one attached hydrogen (secondary N) is 1. The summed E-state index contributed by atoms with van der Waals surface area (Å²) in [4.78, 5) is 23.5. The first-order chi connectivity index (χ1) is 13.3. The molecule has 2 aromatic rings. The van der Waals surface area contributed by atoms with E-state index in [0.29, 0.717) is 24.5 Å². The standard InChI is InChI=1S/C21H23Cl2NO4/c1-3-4-9-28-16-11-17(22)19(18(23)12-16)20(25)24-15-7-5-14(6-8-15)10-13(2)21(26)27/h5-8,11-13H,3-4,9-10H2,1-2H3,(H,24,25)(H,26,27)/t13-/m0/s1. The number of hydrogen-bond donors (Lipinski definition) is 2. The number of benzene rings is 2. The lowest BCUT2D eigenvalue weighted by Crippen LogP contribution is -2.14. The van der Waals surface area contributed by atoms with Gasteiger partial charge in [0, 0.05) is 5.69 Å². The van der Waals surface area contributed by atoms with Crippen molar-refractivity contribution in [1.29, 1.82) is 0 Å². The van der Waals surface area contributed by atoms with E-state index < -0.39 is 17.8 Å². The molecule has 0 saturated heterocycles. The zero-order valence-electron chi connectivity index (χ0n) is 15.8. The summed E-state index contributed by atoms with van der Waals surface area (Å²) in [5.41, 5.74) is 1.61. The van der Waals surface area contributed by atoms with E-state index in [4.69, 9.17) is 33.0 Å². The Morgan fingerprint density at radius 3 is 2.29 bits per heavy atom. The predicted molar refractivity (Wildman–Crippen MR) is 112 cm³/mol. The van der Waals surface area contributed by atoms with Crippen LogP contribution >= 0.6 is 23.2 Å². The van der Waals surface area contributed by atoms with Crippen LogP contribution in [-0.4, -0.2) is 23.6 Å². The largest absolute Gasteiger partial charge is 0.493 e. The molecule has 2 rings (SSSR count). The molecule has 0 aliphatic carbocycles. The first-order valence-electron chi connectivity index (χ1n) is 9.06. The Balaban J connectivity index is 2.07. The summed E-state index contributed by atoms with van der Waals surface area (Å²) in [6, 6.07) is 10.1. The van der Waals surface area contributed by atoms with Crippen LogP contribution in [0.1, 0.15) is 42.6 Å². The van der Waals surface area contributed by atoms with Gasteiger partial charge in [0.1, 0.15) is 5.75 Å². The summed E-state index contributed by atoms with van der Waals surface area (Å²) in [5.74, 6) is -1.22. The number of aliphatic carboxylic acids is 1. The lowest BCUT2D eigenvalue weighted by atomic mass is 10.0. The third-order valence-corrected chi connectivity index (χ3v) is 4.78. The van der Waals surface area contributed by atoms with E-state index in [1.165, 1.54) is 0 Å². The highest BCUT2D eigenvalue weighted by Crippen LogP contribution is 2.31. The van der Waals surface area contributed by atoms with E-state index in [2.05, 4.69) is 12.2 Å². The van der Waals surface area contributed by atoms with Crippen LogP contribution in [0.2, 0.25) is 10.0 Å². The quantitative estimate of drug-likeness (QED) is 0.508. The number of carboxylic acids is 1. The third kappa shape index (κ3) is 6.14. The lowest BCUT2D eigenvalue weighted by Gasteiger charge is -2.12. The molecule has 2 N–H and O–H groups in total. The van der Waals surface area contributed by atoms with E-state index >= 15 is 0 Å². The molecular weight excluding hydrogens is 401 g/mol. The fourth-order valence-corrected chi connectivity index (χ4v) is 3.18. The summed E-state index contributed by atoms with van der Waals surface area (Å²) in [6.07, 6.45) is 2.34. The number of ether oxygens (including phenoxy) is 1. The molecule has 7 heteroatoms. The highest BCUT2D eigenvalue weighted by molar-refractivity contribution is 6.40. The summed E-state index contributed by atoms with van der Waals surface area (Å²) >= 11 is 12.5. The Hall–Kier alpha value is -2.24. The van der Waals surface area contributed by atoms with Gasteiger partial charge in [-0.3, -0.25) is 9.59 Å². The minimum absolute atomic E-state index is 0.176. The maximum absolute atomic E-state index is 12.6. The van der Waals surface area contributed by atoms with Gasteiger partial charge in [-0.2, -0.15) is 0 Å². The second kappa shape index (κ2) is 10.3. The third-order valence-electron chi connectivity index (χ3n) is 4.18. The van der Waals surface area contributed by atoms with Gasteiger partial charge in [0.2, 0.25) is 0 Å². The van der Waals surface area contributed by atoms with Crippen molar-refractivity contribution >= 4 is 40.8 Å². The van der Waals surface area contributed by atoms with Gasteiger partial charge < -0.3 is 15.2 Å². The molecule has 1 atom stereocenters. The number of unbranched alkanes of at least 4 members (excludes halogenated alkanes) is 1. The number of anilines is 1. The van der Waals surface area contributed by atoms with E-state index in [9.17, 15) is 9.59 Å². The van der Waals surface area contributed by atoms with Crippen LogP contribution in [0.3, 0.4) is 0 Å². The van der Waals surface area contributed by atoms with Gasteiger partial charge in [-0.25, -0.2) is 0 Å². The van der Waals surface area contributed by atoms with Gasteiger partial charge in [-0.1, -0.05) is 55.6 Å². The van der Waals surface area contributed by atoms with Crippen LogP contribution in [0.4, 0.5) is 5.69 Å². The molecule has 0 bridgehead atoms. The fraction of sp³-hybridized carbons (Fsp3) is 0.333. The monoisotopic (exact) mass is 423 g/mol. The molecule has 0 spiro atoms. The van der Waals surface area contributed by atoms with Crippen molar-refractivity contribution in [3.63, 3.8) is 0 Å².